The molecule has 0 radical (unpaired) electrons. The van der Waals surface area contributed by atoms with Crippen molar-refractivity contribution in [3.63, 3.8) is 0 Å². The van der Waals surface area contributed by atoms with Crippen LogP contribution in [0.1, 0.15) is 24.1 Å². The Labute approximate surface area is 171 Å². The number of para-hydroxylation sites is 1. The van der Waals surface area contributed by atoms with E-state index in [1.165, 1.54) is 0 Å². The molecule has 3 fully saturated rings. The largest absolute Gasteiger partial charge is 0.496 e. The molecule has 8 heteroatoms. The van der Waals surface area contributed by atoms with Gasteiger partial charge in [0.15, 0.2) is 0 Å². The van der Waals surface area contributed by atoms with Crippen molar-refractivity contribution in [2.24, 2.45) is 11.8 Å². The highest BCUT2D eigenvalue weighted by Crippen LogP contribution is 2.37. The van der Waals surface area contributed by atoms with Crippen molar-refractivity contribution < 1.29 is 14.3 Å². The molecule has 29 heavy (non-hydrogen) atoms. The van der Waals surface area contributed by atoms with E-state index in [-0.39, 0.29) is 11.8 Å². The highest BCUT2D eigenvalue weighted by molar-refractivity contribution is 5.79. The van der Waals surface area contributed by atoms with E-state index in [9.17, 15) is 4.79 Å². The smallest absolute Gasteiger partial charge is 0.224 e. The molecule has 5 rings (SSSR count). The van der Waals surface area contributed by atoms with Gasteiger partial charge in [-0.15, -0.1) is 5.10 Å². The number of benzene rings is 1. The number of carbonyl (C=O) groups is 1. The van der Waals surface area contributed by atoms with Crippen molar-refractivity contribution in [3.05, 3.63) is 41.7 Å². The highest BCUT2D eigenvalue weighted by Gasteiger charge is 2.43. The Morgan fingerprint density at radius 2 is 2.17 bits per heavy atom. The molecular formula is C21H29N5O3. The lowest BCUT2D eigenvalue weighted by atomic mass is 9.75. The maximum atomic E-state index is 12.9. The first-order chi connectivity index (χ1) is 14.2. The van der Waals surface area contributed by atoms with Crippen LogP contribution in [-0.2, 0) is 29.2 Å². The van der Waals surface area contributed by atoms with Gasteiger partial charge in [-0.2, -0.15) is 0 Å². The third kappa shape index (κ3) is 4.43. The average molecular weight is 399 g/mol. The number of ether oxygens (including phenoxy) is 2. The van der Waals surface area contributed by atoms with E-state index in [0.717, 1.165) is 49.5 Å². The molecule has 2 aromatic rings. The fourth-order valence-electron chi connectivity index (χ4n) is 4.65. The van der Waals surface area contributed by atoms with Crippen molar-refractivity contribution >= 4 is 5.91 Å². The van der Waals surface area contributed by atoms with Gasteiger partial charge >= 0.3 is 0 Å². The van der Waals surface area contributed by atoms with Gasteiger partial charge in [-0.05, 0) is 31.4 Å². The van der Waals surface area contributed by atoms with Crippen molar-refractivity contribution in [1.29, 1.82) is 0 Å². The first-order valence-corrected chi connectivity index (χ1v) is 10.2. The molecule has 4 heterocycles. The number of methoxy groups -OCH3 is 2. The summed E-state index contributed by atoms with van der Waals surface area (Å²) in [5.41, 5.74) is 1.85. The van der Waals surface area contributed by atoms with Crippen LogP contribution in [0.2, 0.25) is 0 Å². The van der Waals surface area contributed by atoms with Crippen LogP contribution in [0.15, 0.2) is 30.5 Å². The predicted molar refractivity (Wildman–Crippen MR) is 107 cm³/mol. The molecule has 3 saturated heterocycles. The molecule has 4 atom stereocenters. The molecule has 1 aromatic heterocycles. The standard InChI is InChI=1S/C21H29N5O3/c1-28-14-17-11-26(24-23-17)12-18-9-15-7-8-25(18)13-19(15)21(27)22-10-16-5-3-4-6-20(16)29-2/h3-6,11,15,18-19H,7-10,12-14H2,1-2H3,(H,22,27)/t15-,18+,19-/m0/s1. The first kappa shape index (κ1) is 19.8. The molecule has 1 aromatic carbocycles. The number of rotatable bonds is 8. The summed E-state index contributed by atoms with van der Waals surface area (Å²) in [7, 11) is 3.31. The van der Waals surface area contributed by atoms with Gasteiger partial charge in [-0.25, -0.2) is 0 Å². The summed E-state index contributed by atoms with van der Waals surface area (Å²) in [6, 6.07) is 8.21. The number of fused-ring (bicyclic) bond motifs is 3. The second kappa shape index (κ2) is 8.92. The average Bonchev–Trinajstić information content (AvgIpc) is 3.19. The highest BCUT2D eigenvalue weighted by atomic mass is 16.5. The van der Waals surface area contributed by atoms with Crippen LogP contribution in [0.3, 0.4) is 0 Å². The van der Waals surface area contributed by atoms with E-state index >= 15 is 0 Å². The number of carbonyl (C=O) groups excluding carboxylic acids is 1. The molecular weight excluding hydrogens is 370 g/mol. The third-order valence-corrected chi connectivity index (χ3v) is 6.14. The minimum atomic E-state index is 0.0505. The summed E-state index contributed by atoms with van der Waals surface area (Å²) in [6.07, 6.45) is 4.05. The van der Waals surface area contributed by atoms with Gasteiger partial charge in [0.1, 0.15) is 11.4 Å². The summed E-state index contributed by atoms with van der Waals surface area (Å²) in [6.45, 7) is 3.64. The van der Waals surface area contributed by atoms with Crippen LogP contribution >= 0.6 is 0 Å². The zero-order chi connectivity index (χ0) is 20.2. The zero-order valence-electron chi connectivity index (χ0n) is 17.1. The monoisotopic (exact) mass is 399 g/mol. The van der Waals surface area contributed by atoms with Crippen LogP contribution < -0.4 is 10.1 Å². The van der Waals surface area contributed by atoms with Crippen LogP contribution in [0.4, 0.5) is 0 Å². The second-order valence-corrected chi connectivity index (χ2v) is 7.93. The normalized spacial score (nSPS) is 25.7. The van der Waals surface area contributed by atoms with Gasteiger partial charge in [0, 0.05) is 31.8 Å². The molecule has 2 bridgehead atoms. The van der Waals surface area contributed by atoms with Crippen LogP contribution in [0.25, 0.3) is 0 Å². The fourth-order valence-corrected chi connectivity index (χ4v) is 4.65. The maximum absolute atomic E-state index is 12.9. The first-order valence-electron chi connectivity index (χ1n) is 10.2. The number of nitrogens with one attached hydrogen (secondary N) is 1. The van der Waals surface area contributed by atoms with Gasteiger partial charge in [0.2, 0.25) is 5.91 Å². The number of aromatic nitrogens is 3. The van der Waals surface area contributed by atoms with Crippen LogP contribution in [0.5, 0.6) is 5.75 Å². The van der Waals surface area contributed by atoms with Gasteiger partial charge in [0.05, 0.1) is 32.4 Å². The second-order valence-electron chi connectivity index (χ2n) is 7.93. The topological polar surface area (TPSA) is 81.5 Å². The van der Waals surface area contributed by atoms with Crippen molar-refractivity contribution in [1.82, 2.24) is 25.2 Å². The molecule has 3 aliphatic heterocycles. The molecule has 1 unspecified atom stereocenters. The molecule has 156 valence electrons. The Balaban J connectivity index is 1.33. The molecule has 0 spiro atoms. The Morgan fingerprint density at radius 3 is 2.93 bits per heavy atom. The SMILES string of the molecule is COCc1cn(C[C@H]2C[C@@H]3CCN2C[C@@H]3C(=O)NCc2ccccc2OC)nn1. The van der Waals surface area contributed by atoms with Crippen molar-refractivity contribution in [3.8, 4) is 5.75 Å². The summed E-state index contributed by atoms with van der Waals surface area (Å²) in [4.78, 5) is 15.3. The lowest BCUT2D eigenvalue weighted by Gasteiger charge is -2.49. The third-order valence-electron chi connectivity index (χ3n) is 6.14. The van der Waals surface area contributed by atoms with Gasteiger partial charge in [-0.3, -0.25) is 14.4 Å². The van der Waals surface area contributed by atoms with Crippen LogP contribution in [0, 0.1) is 11.8 Å². The Kier molecular flexibility index (Phi) is 6.10. The molecule has 1 N–H and O–H groups in total. The molecule has 0 saturated carbocycles. The predicted octanol–water partition coefficient (Wildman–Crippen LogP) is 1.46. The maximum Gasteiger partial charge on any atom is 0.224 e. The van der Waals surface area contributed by atoms with Gasteiger partial charge < -0.3 is 14.8 Å². The van der Waals surface area contributed by atoms with Gasteiger partial charge in [0.25, 0.3) is 0 Å². The Bertz CT molecular complexity index is 839. The molecule has 8 nitrogen and oxygen atoms in total. The van der Waals surface area contributed by atoms with E-state index in [2.05, 4.69) is 20.5 Å². The van der Waals surface area contributed by atoms with E-state index in [1.54, 1.807) is 14.2 Å². The summed E-state index contributed by atoms with van der Waals surface area (Å²) in [5, 5.41) is 11.5. The lowest BCUT2D eigenvalue weighted by Crippen LogP contribution is -2.58. The number of hydrogen-bond acceptors (Lipinski definition) is 6. The summed E-state index contributed by atoms with van der Waals surface area (Å²) < 4.78 is 12.4. The minimum absolute atomic E-state index is 0.0505. The summed E-state index contributed by atoms with van der Waals surface area (Å²) in [5.74, 6) is 1.42. The Hall–Kier alpha value is -2.45. The van der Waals surface area contributed by atoms with E-state index in [4.69, 9.17) is 9.47 Å². The number of amides is 1. The molecule has 3 aliphatic rings. The van der Waals surface area contributed by atoms with Gasteiger partial charge in [-0.1, -0.05) is 23.4 Å². The van der Waals surface area contributed by atoms with E-state index in [0.29, 0.717) is 25.1 Å². The quantitative estimate of drug-likeness (QED) is 0.724. The van der Waals surface area contributed by atoms with E-state index < -0.39 is 0 Å². The minimum Gasteiger partial charge on any atom is -0.496 e. The van der Waals surface area contributed by atoms with E-state index in [1.807, 2.05) is 35.1 Å². The number of piperidine rings is 3. The fraction of sp³-hybridized carbons (Fsp3) is 0.571. The lowest BCUT2D eigenvalue weighted by molar-refractivity contribution is -0.133. The molecule has 0 aliphatic carbocycles. The Morgan fingerprint density at radius 1 is 1.31 bits per heavy atom. The number of nitrogens with zero attached hydrogens (tertiary/aromatic N) is 4. The van der Waals surface area contributed by atoms with Crippen molar-refractivity contribution in [2.75, 3.05) is 27.3 Å². The molecule has 1 amide bonds. The van der Waals surface area contributed by atoms with Crippen molar-refractivity contribution in [2.45, 2.75) is 38.6 Å². The number of hydrogen-bond donors (Lipinski definition) is 1. The summed E-state index contributed by atoms with van der Waals surface area (Å²) >= 11 is 0. The van der Waals surface area contributed by atoms with Crippen LogP contribution in [-0.4, -0.2) is 59.2 Å². The zero-order valence-corrected chi connectivity index (χ0v) is 17.1.